The van der Waals surface area contributed by atoms with E-state index in [9.17, 15) is 9.59 Å². The molecule has 0 aliphatic rings. The van der Waals surface area contributed by atoms with Gasteiger partial charge in [-0.05, 0) is 24.1 Å². The van der Waals surface area contributed by atoms with Gasteiger partial charge in [-0.15, -0.1) is 0 Å². The smallest absolute Gasteiger partial charge is 0.332 e. The van der Waals surface area contributed by atoms with Crippen LogP contribution in [0.3, 0.4) is 0 Å². The first kappa shape index (κ1) is 20.1. The fraction of sp³-hybridized carbons (Fsp3) is 0.182. The Labute approximate surface area is 177 Å². The number of nitrogens with zero attached hydrogens (tertiary/aromatic N) is 3. The maximum Gasteiger partial charge on any atom is 0.332 e. The summed E-state index contributed by atoms with van der Waals surface area (Å²) in [5.41, 5.74) is 7.75. The van der Waals surface area contributed by atoms with Crippen molar-refractivity contribution in [3.8, 4) is 28.6 Å². The molecule has 31 heavy (non-hydrogen) atoms. The van der Waals surface area contributed by atoms with Crippen molar-refractivity contribution in [3.05, 3.63) is 64.2 Å². The number of hydrogen-bond acceptors (Lipinski definition) is 6. The summed E-state index contributed by atoms with van der Waals surface area (Å²) in [4.78, 5) is 36.5. The van der Waals surface area contributed by atoms with Gasteiger partial charge in [-0.2, -0.15) is 0 Å². The Kier molecular flexibility index (Phi) is 5.16. The summed E-state index contributed by atoms with van der Waals surface area (Å²) < 4.78 is 12.0. The highest BCUT2D eigenvalue weighted by Gasteiger charge is 2.21. The van der Waals surface area contributed by atoms with Crippen molar-refractivity contribution in [1.29, 1.82) is 0 Å². The minimum atomic E-state index is -0.764. The lowest BCUT2D eigenvalue weighted by Crippen LogP contribution is -2.15. The predicted octanol–water partition coefficient (Wildman–Crippen LogP) is 2.45. The number of ether oxygens (including phenoxy) is 2. The number of aromatic nitrogens is 4. The highest BCUT2D eigenvalue weighted by Crippen LogP contribution is 2.30. The van der Waals surface area contributed by atoms with Crippen LogP contribution in [0.2, 0.25) is 0 Å². The van der Waals surface area contributed by atoms with Gasteiger partial charge in [0, 0.05) is 11.6 Å². The third-order valence-corrected chi connectivity index (χ3v) is 5.02. The number of benzene rings is 2. The van der Waals surface area contributed by atoms with E-state index in [1.54, 1.807) is 18.2 Å². The molecule has 2 aromatic carbocycles. The standard InChI is InChI=1S/C22H21N5O4/c1-4-12-5-7-13(8-6-12)20-24-17(19(23)28)18-21(26-20)27(22(29)25-18)14-9-10-15(30-2)16(11-14)31-3/h5-11H,4H2,1-3H3,(H2,23,28)(H,25,29). The van der Waals surface area contributed by atoms with Crippen LogP contribution >= 0.6 is 0 Å². The Balaban J connectivity index is 1.99. The summed E-state index contributed by atoms with van der Waals surface area (Å²) in [6, 6.07) is 12.7. The van der Waals surface area contributed by atoms with Crippen LogP contribution in [0.5, 0.6) is 11.5 Å². The van der Waals surface area contributed by atoms with Gasteiger partial charge in [-0.3, -0.25) is 4.79 Å². The number of carbonyl (C=O) groups excluding carboxylic acids is 1. The molecule has 0 aliphatic heterocycles. The zero-order valence-corrected chi connectivity index (χ0v) is 17.3. The van der Waals surface area contributed by atoms with Gasteiger partial charge in [0.1, 0.15) is 5.52 Å². The second-order valence-corrected chi connectivity index (χ2v) is 6.81. The molecule has 0 atom stereocenters. The van der Waals surface area contributed by atoms with Crippen LogP contribution < -0.4 is 20.9 Å². The van der Waals surface area contributed by atoms with E-state index in [2.05, 4.69) is 21.9 Å². The van der Waals surface area contributed by atoms with Gasteiger partial charge in [0.05, 0.1) is 19.9 Å². The van der Waals surface area contributed by atoms with Crippen LogP contribution in [0.4, 0.5) is 0 Å². The number of H-pyrrole nitrogens is 1. The fourth-order valence-corrected chi connectivity index (χ4v) is 3.39. The molecule has 0 bridgehead atoms. The SMILES string of the molecule is CCc1ccc(-c2nc(C(N)=O)c3[nH]c(=O)n(-c4ccc(OC)c(OC)c4)c3n2)cc1. The van der Waals surface area contributed by atoms with Gasteiger partial charge in [-0.25, -0.2) is 19.3 Å². The molecule has 0 radical (unpaired) electrons. The van der Waals surface area contributed by atoms with E-state index >= 15 is 0 Å². The zero-order valence-electron chi connectivity index (χ0n) is 17.3. The van der Waals surface area contributed by atoms with E-state index < -0.39 is 11.6 Å². The van der Waals surface area contributed by atoms with Gasteiger partial charge in [0.2, 0.25) is 0 Å². The molecular weight excluding hydrogens is 398 g/mol. The maximum atomic E-state index is 12.8. The van der Waals surface area contributed by atoms with Gasteiger partial charge < -0.3 is 20.2 Å². The molecule has 0 spiro atoms. The van der Waals surface area contributed by atoms with Crippen molar-refractivity contribution in [2.75, 3.05) is 14.2 Å². The molecule has 9 nitrogen and oxygen atoms in total. The van der Waals surface area contributed by atoms with Crippen molar-refractivity contribution in [3.63, 3.8) is 0 Å². The van der Waals surface area contributed by atoms with E-state index in [1.807, 2.05) is 24.3 Å². The quantitative estimate of drug-likeness (QED) is 0.495. The molecule has 0 saturated carbocycles. The Hall–Kier alpha value is -4.14. The molecule has 0 aliphatic carbocycles. The first-order chi connectivity index (χ1) is 15.0. The summed E-state index contributed by atoms with van der Waals surface area (Å²) in [6.07, 6.45) is 0.892. The van der Waals surface area contributed by atoms with Crippen molar-refractivity contribution in [2.24, 2.45) is 5.73 Å². The molecule has 2 aromatic heterocycles. The Morgan fingerprint density at radius 2 is 1.77 bits per heavy atom. The molecular formula is C22H21N5O4. The minimum absolute atomic E-state index is 0.0594. The topological polar surface area (TPSA) is 125 Å². The monoisotopic (exact) mass is 419 g/mol. The molecule has 1 amide bonds. The van der Waals surface area contributed by atoms with Crippen LogP contribution in [0.1, 0.15) is 23.0 Å². The molecule has 0 saturated heterocycles. The van der Waals surface area contributed by atoms with Gasteiger partial charge in [0.25, 0.3) is 5.91 Å². The average molecular weight is 419 g/mol. The fourth-order valence-electron chi connectivity index (χ4n) is 3.39. The Morgan fingerprint density at radius 1 is 1.06 bits per heavy atom. The van der Waals surface area contributed by atoms with Crippen LogP contribution in [0, 0.1) is 0 Å². The predicted molar refractivity (Wildman–Crippen MR) is 116 cm³/mol. The molecule has 4 rings (SSSR count). The molecule has 9 heteroatoms. The normalized spacial score (nSPS) is 10.9. The molecule has 4 aromatic rings. The van der Waals surface area contributed by atoms with E-state index in [1.165, 1.54) is 18.8 Å². The first-order valence-corrected chi connectivity index (χ1v) is 9.61. The lowest BCUT2D eigenvalue weighted by Gasteiger charge is -2.10. The number of fused-ring (bicyclic) bond motifs is 1. The number of nitrogens with one attached hydrogen (secondary N) is 1. The summed E-state index contributed by atoms with van der Waals surface area (Å²) in [5, 5.41) is 0. The summed E-state index contributed by atoms with van der Waals surface area (Å²) >= 11 is 0. The number of aryl methyl sites for hydroxylation is 1. The number of nitrogens with two attached hydrogens (primary N) is 1. The van der Waals surface area contributed by atoms with Gasteiger partial charge in [0.15, 0.2) is 28.7 Å². The number of rotatable bonds is 6. The minimum Gasteiger partial charge on any atom is -0.493 e. The number of methoxy groups -OCH3 is 2. The number of primary amides is 1. The van der Waals surface area contributed by atoms with Crippen molar-refractivity contribution >= 4 is 17.1 Å². The van der Waals surface area contributed by atoms with Crippen LogP contribution in [0.15, 0.2) is 47.3 Å². The summed E-state index contributed by atoms with van der Waals surface area (Å²) in [5.74, 6) is 0.487. The molecule has 2 heterocycles. The van der Waals surface area contributed by atoms with E-state index in [0.29, 0.717) is 22.7 Å². The van der Waals surface area contributed by atoms with Crippen LogP contribution in [0.25, 0.3) is 28.2 Å². The third-order valence-electron chi connectivity index (χ3n) is 5.02. The van der Waals surface area contributed by atoms with Gasteiger partial charge in [-0.1, -0.05) is 31.2 Å². The lowest BCUT2D eigenvalue weighted by atomic mass is 10.1. The van der Waals surface area contributed by atoms with E-state index in [0.717, 1.165) is 12.0 Å². The maximum absolute atomic E-state index is 12.8. The number of carbonyl (C=O) groups is 1. The number of aromatic amines is 1. The van der Waals surface area contributed by atoms with E-state index in [-0.39, 0.29) is 22.7 Å². The van der Waals surface area contributed by atoms with Crippen LogP contribution in [-0.4, -0.2) is 39.6 Å². The average Bonchev–Trinajstić information content (AvgIpc) is 3.13. The van der Waals surface area contributed by atoms with Crippen molar-refractivity contribution in [1.82, 2.24) is 19.5 Å². The number of amides is 1. The van der Waals surface area contributed by atoms with Gasteiger partial charge >= 0.3 is 5.69 Å². The van der Waals surface area contributed by atoms with Crippen LogP contribution in [-0.2, 0) is 6.42 Å². The van der Waals surface area contributed by atoms with E-state index in [4.69, 9.17) is 15.2 Å². The highest BCUT2D eigenvalue weighted by atomic mass is 16.5. The van der Waals surface area contributed by atoms with Crippen molar-refractivity contribution in [2.45, 2.75) is 13.3 Å². The van der Waals surface area contributed by atoms with Crippen molar-refractivity contribution < 1.29 is 14.3 Å². The first-order valence-electron chi connectivity index (χ1n) is 9.61. The zero-order chi connectivity index (χ0) is 22.1. The third kappa shape index (κ3) is 3.50. The number of imidazole rings is 1. The molecule has 158 valence electrons. The summed E-state index contributed by atoms with van der Waals surface area (Å²) in [7, 11) is 3.03. The summed E-state index contributed by atoms with van der Waals surface area (Å²) in [6.45, 7) is 2.06. The second-order valence-electron chi connectivity index (χ2n) is 6.81. The number of hydrogen-bond donors (Lipinski definition) is 2. The molecule has 0 fully saturated rings. The largest absolute Gasteiger partial charge is 0.493 e. The Morgan fingerprint density at radius 3 is 2.39 bits per heavy atom. The lowest BCUT2D eigenvalue weighted by molar-refractivity contribution is 0.0997. The second kappa shape index (κ2) is 7.94. The Bertz CT molecular complexity index is 1340. The molecule has 3 N–H and O–H groups in total. The molecule has 0 unspecified atom stereocenters. The highest BCUT2D eigenvalue weighted by molar-refractivity contribution is 6.02.